The Kier molecular flexibility index (Phi) is 3.63. The summed E-state index contributed by atoms with van der Waals surface area (Å²) in [5, 5.41) is 0. The normalized spacial score (nSPS) is 10.7. The molecule has 3 rings (SSSR count). The summed E-state index contributed by atoms with van der Waals surface area (Å²) >= 11 is 0. The molecule has 0 atom stereocenters. The lowest BCUT2D eigenvalue weighted by Crippen LogP contribution is -1.98. The summed E-state index contributed by atoms with van der Waals surface area (Å²) in [6.07, 6.45) is 4.74. The van der Waals surface area contributed by atoms with Crippen molar-refractivity contribution in [3.8, 4) is 22.6 Å². The van der Waals surface area contributed by atoms with Crippen molar-refractivity contribution in [1.82, 2.24) is 15.0 Å². The van der Waals surface area contributed by atoms with Crippen LogP contribution in [0.5, 0.6) is 0 Å². The Morgan fingerprint density at radius 1 is 0.682 bits per heavy atom. The number of hydrogen-bond acceptors (Lipinski definition) is 3. The van der Waals surface area contributed by atoms with Crippen LogP contribution >= 0.6 is 0 Å². The molecule has 0 aliphatic carbocycles. The van der Waals surface area contributed by atoms with E-state index in [2.05, 4.69) is 15.0 Å². The van der Waals surface area contributed by atoms with Gasteiger partial charge in [-0.3, -0.25) is 4.98 Å². The first kappa shape index (κ1) is 14.3. The Balaban J connectivity index is 2.08. The van der Waals surface area contributed by atoms with Crippen molar-refractivity contribution in [1.29, 1.82) is 0 Å². The number of nitrogens with zero attached hydrogens (tertiary/aromatic N) is 3. The van der Waals surface area contributed by atoms with Crippen molar-refractivity contribution < 1.29 is 8.78 Å². The average Bonchev–Trinajstić information content (AvgIpc) is 2.52. The van der Waals surface area contributed by atoms with Crippen LogP contribution in [0.25, 0.3) is 22.6 Å². The number of aromatic nitrogens is 3. The zero-order valence-electron chi connectivity index (χ0n) is 12.1. The monoisotopic (exact) mass is 297 g/mol. The summed E-state index contributed by atoms with van der Waals surface area (Å²) in [5.74, 6) is -1.76. The van der Waals surface area contributed by atoms with Crippen molar-refractivity contribution in [2.45, 2.75) is 13.8 Å². The van der Waals surface area contributed by atoms with Crippen molar-refractivity contribution >= 4 is 0 Å². The van der Waals surface area contributed by atoms with Gasteiger partial charge in [-0.1, -0.05) is 6.07 Å². The highest BCUT2D eigenvalue weighted by atomic mass is 19.2. The maximum absolute atomic E-state index is 14.3. The molecule has 5 heteroatoms. The molecular weight excluding hydrogens is 284 g/mol. The van der Waals surface area contributed by atoms with Gasteiger partial charge in [0.1, 0.15) is 0 Å². The van der Waals surface area contributed by atoms with Gasteiger partial charge < -0.3 is 0 Å². The van der Waals surface area contributed by atoms with Crippen LogP contribution in [0, 0.1) is 25.5 Å². The second-order valence-corrected chi connectivity index (χ2v) is 5.09. The van der Waals surface area contributed by atoms with Crippen LogP contribution in [0.2, 0.25) is 0 Å². The SMILES string of the molecule is Cc1ccc(-c2ccc(-c3ncc(C)cn3)c(F)c2F)nc1. The molecule has 3 aromatic rings. The van der Waals surface area contributed by atoms with Gasteiger partial charge in [0.25, 0.3) is 0 Å². The molecule has 0 bridgehead atoms. The fourth-order valence-corrected chi connectivity index (χ4v) is 2.08. The zero-order chi connectivity index (χ0) is 15.7. The molecule has 2 aromatic heterocycles. The van der Waals surface area contributed by atoms with E-state index in [1.807, 2.05) is 13.8 Å². The van der Waals surface area contributed by atoms with E-state index in [-0.39, 0.29) is 17.0 Å². The Hall–Kier alpha value is -2.69. The molecule has 0 N–H and O–H groups in total. The van der Waals surface area contributed by atoms with E-state index in [9.17, 15) is 8.78 Å². The first-order valence-corrected chi connectivity index (χ1v) is 6.76. The lowest BCUT2D eigenvalue weighted by atomic mass is 10.1. The third-order valence-corrected chi connectivity index (χ3v) is 3.29. The number of rotatable bonds is 2. The summed E-state index contributed by atoms with van der Waals surface area (Å²) in [5.41, 5.74) is 2.35. The van der Waals surface area contributed by atoms with Crippen LogP contribution in [-0.2, 0) is 0 Å². The molecule has 0 amide bonds. The van der Waals surface area contributed by atoms with Crippen LogP contribution in [0.1, 0.15) is 11.1 Å². The fraction of sp³-hybridized carbons (Fsp3) is 0.118. The predicted molar refractivity (Wildman–Crippen MR) is 80.1 cm³/mol. The van der Waals surface area contributed by atoms with Crippen molar-refractivity contribution in [2.24, 2.45) is 0 Å². The van der Waals surface area contributed by atoms with Gasteiger partial charge >= 0.3 is 0 Å². The first-order valence-electron chi connectivity index (χ1n) is 6.76. The summed E-state index contributed by atoms with van der Waals surface area (Å²) in [6, 6.07) is 6.43. The van der Waals surface area contributed by atoms with Crippen LogP contribution in [0.4, 0.5) is 8.78 Å². The first-order chi connectivity index (χ1) is 10.6. The van der Waals surface area contributed by atoms with E-state index in [0.717, 1.165) is 11.1 Å². The Morgan fingerprint density at radius 3 is 1.91 bits per heavy atom. The number of benzene rings is 1. The van der Waals surface area contributed by atoms with Gasteiger partial charge in [-0.05, 0) is 43.2 Å². The van der Waals surface area contributed by atoms with Gasteiger partial charge in [0.15, 0.2) is 17.5 Å². The molecule has 1 aromatic carbocycles. The number of aryl methyl sites for hydroxylation is 2. The topological polar surface area (TPSA) is 38.7 Å². The van der Waals surface area contributed by atoms with Gasteiger partial charge in [-0.25, -0.2) is 18.7 Å². The number of pyridine rings is 1. The molecule has 110 valence electrons. The second kappa shape index (κ2) is 5.60. The third-order valence-electron chi connectivity index (χ3n) is 3.29. The maximum Gasteiger partial charge on any atom is 0.170 e. The average molecular weight is 297 g/mol. The minimum absolute atomic E-state index is 0.0355. The van der Waals surface area contributed by atoms with E-state index in [1.165, 1.54) is 12.1 Å². The standard InChI is InChI=1S/C17H13F2N3/c1-10-3-6-14(20-7-10)12-4-5-13(16(19)15(12)18)17-21-8-11(2)9-22-17/h3-9H,1-2H3. The quantitative estimate of drug-likeness (QED) is 0.715. The molecular formula is C17H13F2N3. The van der Waals surface area contributed by atoms with Gasteiger partial charge in [-0.15, -0.1) is 0 Å². The van der Waals surface area contributed by atoms with E-state index in [1.54, 1.807) is 30.7 Å². The predicted octanol–water partition coefficient (Wildman–Crippen LogP) is 4.10. The van der Waals surface area contributed by atoms with Crippen molar-refractivity contribution in [2.75, 3.05) is 0 Å². The molecule has 0 saturated carbocycles. The van der Waals surface area contributed by atoms with Crippen molar-refractivity contribution in [3.63, 3.8) is 0 Å². The molecule has 0 unspecified atom stereocenters. The van der Waals surface area contributed by atoms with E-state index < -0.39 is 11.6 Å². The van der Waals surface area contributed by atoms with Gasteiger partial charge in [0.05, 0.1) is 11.3 Å². The van der Waals surface area contributed by atoms with E-state index in [4.69, 9.17) is 0 Å². The van der Waals surface area contributed by atoms with Crippen LogP contribution < -0.4 is 0 Å². The Labute approximate surface area is 126 Å². The summed E-state index contributed by atoms with van der Waals surface area (Å²) < 4.78 is 28.7. The molecule has 0 radical (unpaired) electrons. The minimum Gasteiger partial charge on any atom is -0.256 e. The van der Waals surface area contributed by atoms with Crippen LogP contribution in [0.3, 0.4) is 0 Å². The zero-order valence-corrected chi connectivity index (χ0v) is 12.1. The van der Waals surface area contributed by atoms with Gasteiger partial charge in [-0.2, -0.15) is 0 Å². The summed E-state index contributed by atoms with van der Waals surface area (Å²) in [7, 11) is 0. The summed E-state index contributed by atoms with van der Waals surface area (Å²) in [4.78, 5) is 12.2. The smallest absolute Gasteiger partial charge is 0.170 e. The van der Waals surface area contributed by atoms with Crippen LogP contribution in [-0.4, -0.2) is 15.0 Å². The molecule has 2 heterocycles. The lowest BCUT2D eigenvalue weighted by molar-refractivity contribution is 0.513. The minimum atomic E-state index is -0.969. The third kappa shape index (κ3) is 2.57. The molecule has 3 nitrogen and oxygen atoms in total. The maximum atomic E-state index is 14.3. The van der Waals surface area contributed by atoms with Gasteiger partial charge in [0.2, 0.25) is 0 Å². The molecule has 0 aliphatic heterocycles. The van der Waals surface area contributed by atoms with E-state index >= 15 is 0 Å². The van der Waals surface area contributed by atoms with Crippen molar-refractivity contribution in [3.05, 3.63) is 65.6 Å². The second-order valence-electron chi connectivity index (χ2n) is 5.09. The number of halogens is 2. The fourth-order valence-electron chi connectivity index (χ4n) is 2.08. The highest BCUT2D eigenvalue weighted by Crippen LogP contribution is 2.29. The molecule has 0 aliphatic rings. The largest absolute Gasteiger partial charge is 0.256 e. The number of hydrogen-bond donors (Lipinski definition) is 0. The molecule has 22 heavy (non-hydrogen) atoms. The summed E-state index contributed by atoms with van der Waals surface area (Å²) in [6.45, 7) is 3.71. The highest BCUT2D eigenvalue weighted by molar-refractivity contribution is 5.66. The Bertz CT molecular complexity index is 742. The Morgan fingerprint density at radius 2 is 1.27 bits per heavy atom. The van der Waals surface area contributed by atoms with Crippen LogP contribution in [0.15, 0.2) is 42.9 Å². The highest BCUT2D eigenvalue weighted by Gasteiger charge is 2.17. The van der Waals surface area contributed by atoms with Gasteiger partial charge in [0, 0.05) is 24.2 Å². The van der Waals surface area contributed by atoms with E-state index in [0.29, 0.717) is 5.69 Å². The molecule has 0 spiro atoms. The molecule has 0 fully saturated rings. The molecule has 0 saturated heterocycles. The lowest BCUT2D eigenvalue weighted by Gasteiger charge is -2.08.